The third-order valence-electron chi connectivity index (χ3n) is 4.18. The monoisotopic (exact) mass is 418 g/mol. The van der Waals surface area contributed by atoms with E-state index in [-0.39, 0.29) is 21.8 Å². The summed E-state index contributed by atoms with van der Waals surface area (Å²) in [5.41, 5.74) is 0.238. The summed E-state index contributed by atoms with van der Waals surface area (Å²) in [5.74, 6) is -2.86. The maximum absolute atomic E-state index is 14.7. The highest BCUT2D eigenvalue weighted by Crippen LogP contribution is 2.34. The van der Waals surface area contributed by atoms with Crippen molar-refractivity contribution in [1.29, 1.82) is 0 Å². The Labute approximate surface area is 166 Å². The van der Waals surface area contributed by atoms with Gasteiger partial charge in [-0.15, -0.1) is 0 Å². The lowest BCUT2D eigenvalue weighted by molar-refractivity contribution is -0.144. The molecular weight excluding hydrogens is 402 g/mol. The standard InChI is InChI=1S/C21H16F2O5S/c1-13(21(24)25)28-19-9-8-15(22)12-17(19)14-7-10-20(18(23)11-14)29(26,27)16-5-3-2-4-6-16/h2-13H,1H3,(H,24,25)/t13-/m0/s1. The number of carboxylic acids is 1. The van der Waals surface area contributed by atoms with Crippen molar-refractivity contribution in [2.45, 2.75) is 22.8 Å². The third kappa shape index (κ3) is 4.27. The van der Waals surface area contributed by atoms with Gasteiger partial charge in [-0.1, -0.05) is 24.3 Å². The van der Waals surface area contributed by atoms with E-state index in [9.17, 15) is 22.0 Å². The Hall–Kier alpha value is -3.26. The molecule has 150 valence electrons. The summed E-state index contributed by atoms with van der Waals surface area (Å²) in [4.78, 5) is 10.5. The van der Waals surface area contributed by atoms with Crippen molar-refractivity contribution in [3.63, 3.8) is 0 Å². The van der Waals surface area contributed by atoms with Crippen LogP contribution in [0.5, 0.6) is 5.75 Å². The first-order valence-electron chi connectivity index (χ1n) is 8.49. The van der Waals surface area contributed by atoms with Crippen LogP contribution in [0.4, 0.5) is 8.78 Å². The molecule has 0 amide bonds. The normalized spacial score (nSPS) is 12.4. The predicted molar refractivity (Wildman–Crippen MR) is 101 cm³/mol. The smallest absolute Gasteiger partial charge is 0.344 e. The summed E-state index contributed by atoms with van der Waals surface area (Å²) in [6.45, 7) is 1.30. The second kappa shape index (κ2) is 8.00. The molecular formula is C21H16F2O5S. The Kier molecular flexibility index (Phi) is 5.65. The van der Waals surface area contributed by atoms with Crippen LogP contribution in [0.1, 0.15) is 6.92 Å². The Morgan fingerprint density at radius 2 is 1.69 bits per heavy atom. The summed E-state index contributed by atoms with van der Waals surface area (Å²) in [6, 6.07) is 14.1. The number of carboxylic acid groups (broad SMARTS) is 1. The van der Waals surface area contributed by atoms with E-state index >= 15 is 0 Å². The number of carbonyl (C=O) groups is 1. The average Bonchev–Trinajstić information content (AvgIpc) is 2.69. The van der Waals surface area contributed by atoms with Crippen molar-refractivity contribution in [3.05, 3.63) is 78.4 Å². The highest BCUT2D eigenvalue weighted by atomic mass is 32.2. The van der Waals surface area contributed by atoms with Gasteiger partial charge in [0.2, 0.25) is 9.84 Å². The van der Waals surface area contributed by atoms with Gasteiger partial charge in [0.1, 0.15) is 22.3 Å². The minimum absolute atomic E-state index is 0.0272. The van der Waals surface area contributed by atoms with Crippen LogP contribution < -0.4 is 4.74 Å². The lowest BCUT2D eigenvalue weighted by Crippen LogP contribution is -2.23. The average molecular weight is 418 g/mol. The molecule has 5 nitrogen and oxygen atoms in total. The van der Waals surface area contributed by atoms with Crippen molar-refractivity contribution in [2.24, 2.45) is 0 Å². The molecule has 0 fully saturated rings. The van der Waals surface area contributed by atoms with Gasteiger partial charge in [-0.2, -0.15) is 0 Å². The fourth-order valence-electron chi connectivity index (χ4n) is 2.68. The number of ether oxygens (including phenoxy) is 1. The molecule has 1 N–H and O–H groups in total. The molecule has 0 aliphatic carbocycles. The maximum Gasteiger partial charge on any atom is 0.344 e. The fraction of sp³-hybridized carbons (Fsp3) is 0.0952. The van der Waals surface area contributed by atoms with Gasteiger partial charge in [0.15, 0.2) is 6.10 Å². The molecule has 1 atom stereocenters. The molecule has 0 aliphatic heterocycles. The Morgan fingerprint density at radius 1 is 1.00 bits per heavy atom. The van der Waals surface area contributed by atoms with Crippen LogP contribution in [0.15, 0.2) is 76.5 Å². The SMILES string of the molecule is C[C@H](Oc1ccc(F)cc1-c1ccc(S(=O)(=O)c2ccccc2)c(F)c1)C(=O)O. The molecule has 0 aliphatic rings. The quantitative estimate of drug-likeness (QED) is 0.645. The van der Waals surface area contributed by atoms with E-state index in [4.69, 9.17) is 9.84 Å². The number of halogens is 2. The van der Waals surface area contributed by atoms with Gasteiger partial charge in [0, 0.05) is 5.56 Å². The van der Waals surface area contributed by atoms with Gasteiger partial charge in [-0.3, -0.25) is 0 Å². The summed E-state index contributed by atoms with van der Waals surface area (Å²) in [6.07, 6.45) is -1.22. The van der Waals surface area contributed by atoms with E-state index in [0.29, 0.717) is 0 Å². The van der Waals surface area contributed by atoms with E-state index in [0.717, 1.165) is 24.3 Å². The molecule has 0 heterocycles. The zero-order chi connectivity index (χ0) is 21.2. The van der Waals surface area contributed by atoms with Crippen LogP contribution >= 0.6 is 0 Å². The summed E-state index contributed by atoms with van der Waals surface area (Å²) in [5, 5.41) is 9.01. The van der Waals surface area contributed by atoms with Crippen molar-refractivity contribution in [1.82, 2.24) is 0 Å². The predicted octanol–water partition coefficient (Wildman–Crippen LogP) is 4.32. The van der Waals surface area contributed by atoms with Crippen LogP contribution in [0.2, 0.25) is 0 Å². The third-order valence-corrected chi connectivity index (χ3v) is 5.98. The van der Waals surface area contributed by atoms with E-state index in [1.165, 1.54) is 43.3 Å². The van der Waals surface area contributed by atoms with Gasteiger partial charge in [-0.25, -0.2) is 22.0 Å². The van der Waals surface area contributed by atoms with Crippen LogP contribution in [0, 0.1) is 11.6 Å². The van der Waals surface area contributed by atoms with E-state index in [2.05, 4.69) is 0 Å². The topological polar surface area (TPSA) is 80.7 Å². The summed E-state index contributed by atoms with van der Waals surface area (Å²) in [7, 11) is -4.08. The van der Waals surface area contributed by atoms with Crippen molar-refractivity contribution in [2.75, 3.05) is 0 Å². The lowest BCUT2D eigenvalue weighted by atomic mass is 10.0. The molecule has 3 aromatic carbocycles. The number of aliphatic carboxylic acids is 1. The first kappa shape index (κ1) is 20.5. The molecule has 0 unspecified atom stereocenters. The molecule has 0 bridgehead atoms. The molecule has 3 aromatic rings. The first-order chi connectivity index (χ1) is 13.7. The van der Waals surface area contributed by atoms with E-state index in [1.54, 1.807) is 6.07 Å². The molecule has 0 aromatic heterocycles. The molecule has 0 saturated heterocycles. The van der Waals surface area contributed by atoms with E-state index < -0.39 is 38.4 Å². The van der Waals surface area contributed by atoms with Crippen LogP contribution in [0.3, 0.4) is 0 Å². The second-order valence-electron chi connectivity index (χ2n) is 6.20. The number of sulfone groups is 1. The Bertz CT molecular complexity index is 1160. The van der Waals surface area contributed by atoms with Gasteiger partial charge >= 0.3 is 5.97 Å². The Balaban J connectivity index is 2.06. The molecule has 0 spiro atoms. The highest BCUT2D eigenvalue weighted by molar-refractivity contribution is 7.91. The number of hydrogen-bond acceptors (Lipinski definition) is 4. The van der Waals surface area contributed by atoms with Crippen LogP contribution in [-0.2, 0) is 14.6 Å². The van der Waals surface area contributed by atoms with Gasteiger partial charge in [-0.05, 0) is 55.0 Å². The highest BCUT2D eigenvalue weighted by Gasteiger charge is 2.23. The largest absolute Gasteiger partial charge is 0.479 e. The Morgan fingerprint density at radius 3 is 2.31 bits per heavy atom. The number of hydrogen-bond donors (Lipinski definition) is 1. The van der Waals surface area contributed by atoms with Crippen molar-refractivity contribution in [3.8, 4) is 16.9 Å². The molecule has 3 rings (SSSR count). The fourth-order valence-corrected chi connectivity index (χ4v) is 4.02. The second-order valence-corrected chi connectivity index (χ2v) is 8.12. The zero-order valence-corrected chi connectivity index (χ0v) is 16.0. The van der Waals surface area contributed by atoms with Gasteiger partial charge in [0.25, 0.3) is 0 Å². The minimum Gasteiger partial charge on any atom is -0.479 e. The van der Waals surface area contributed by atoms with Crippen LogP contribution in [-0.4, -0.2) is 25.6 Å². The zero-order valence-electron chi connectivity index (χ0n) is 15.2. The molecule has 29 heavy (non-hydrogen) atoms. The molecule has 0 saturated carbocycles. The van der Waals surface area contributed by atoms with E-state index in [1.807, 2.05) is 0 Å². The summed E-state index contributed by atoms with van der Waals surface area (Å²) < 4.78 is 59.1. The first-order valence-corrected chi connectivity index (χ1v) is 9.97. The molecule has 8 heteroatoms. The maximum atomic E-state index is 14.7. The lowest BCUT2D eigenvalue weighted by Gasteiger charge is -2.15. The van der Waals surface area contributed by atoms with Gasteiger partial charge in [0.05, 0.1) is 4.90 Å². The molecule has 0 radical (unpaired) electrons. The van der Waals surface area contributed by atoms with Crippen LogP contribution in [0.25, 0.3) is 11.1 Å². The van der Waals surface area contributed by atoms with Gasteiger partial charge < -0.3 is 9.84 Å². The van der Waals surface area contributed by atoms with Crippen molar-refractivity contribution >= 4 is 15.8 Å². The number of benzene rings is 3. The summed E-state index contributed by atoms with van der Waals surface area (Å²) >= 11 is 0. The minimum atomic E-state index is -4.08. The van der Waals surface area contributed by atoms with Crippen molar-refractivity contribution < 1.29 is 31.8 Å². The number of rotatable bonds is 6.